The zero-order chi connectivity index (χ0) is 16.2. The normalized spacial score (nSPS) is 10.5. The minimum atomic E-state index is -0.456. The van der Waals surface area contributed by atoms with Gasteiger partial charge in [-0.05, 0) is 23.8 Å². The first-order valence-corrected chi connectivity index (χ1v) is 7.41. The topological polar surface area (TPSA) is 74.0 Å². The maximum absolute atomic E-state index is 12.0. The molecule has 0 aliphatic carbocycles. The number of nitrogens with one attached hydrogen (secondary N) is 3. The van der Waals surface area contributed by atoms with Gasteiger partial charge in [-0.25, -0.2) is 0 Å². The van der Waals surface area contributed by atoms with Gasteiger partial charge in [0.2, 0.25) is 5.91 Å². The van der Waals surface area contributed by atoms with Crippen LogP contribution in [0.5, 0.6) is 0 Å². The molecule has 1 heterocycles. The maximum atomic E-state index is 12.0. The highest BCUT2D eigenvalue weighted by Crippen LogP contribution is 2.18. The largest absolute Gasteiger partial charge is 0.361 e. The molecule has 0 unspecified atom stereocenters. The second-order valence-corrected chi connectivity index (χ2v) is 5.43. The molecule has 0 fully saturated rings. The number of fused-ring (bicyclic) bond motifs is 1. The summed E-state index contributed by atoms with van der Waals surface area (Å²) in [5, 5.41) is 1.32. The molecule has 0 atom stereocenters. The molecule has 3 aromatic rings. The predicted octanol–water partition coefficient (Wildman–Crippen LogP) is 2.83. The monoisotopic (exact) mass is 327 g/mol. The Morgan fingerprint density at radius 3 is 2.57 bits per heavy atom. The minimum absolute atomic E-state index is 0.160. The minimum Gasteiger partial charge on any atom is -0.361 e. The SMILES string of the molecule is O=C(Cc1c[nH]c2ccccc12)NNC(=O)c1ccccc1Cl. The third-order valence-electron chi connectivity index (χ3n) is 3.46. The van der Waals surface area contributed by atoms with Crippen molar-refractivity contribution in [1.82, 2.24) is 15.8 Å². The zero-order valence-corrected chi connectivity index (χ0v) is 12.9. The summed E-state index contributed by atoms with van der Waals surface area (Å²) >= 11 is 5.94. The molecule has 0 bridgehead atoms. The van der Waals surface area contributed by atoms with Gasteiger partial charge >= 0.3 is 0 Å². The summed E-state index contributed by atoms with van der Waals surface area (Å²) in [7, 11) is 0. The van der Waals surface area contributed by atoms with E-state index in [2.05, 4.69) is 15.8 Å². The standard InChI is InChI=1S/C17H14ClN3O2/c18-14-7-3-1-6-13(14)17(23)21-20-16(22)9-11-10-19-15-8-4-2-5-12(11)15/h1-8,10,19H,9H2,(H,20,22)(H,21,23). The van der Waals surface area contributed by atoms with Crippen molar-refractivity contribution in [1.29, 1.82) is 0 Å². The van der Waals surface area contributed by atoms with Gasteiger partial charge in [0.15, 0.2) is 0 Å². The van der Waals surface area contributed by atoms with E-state index in [1.165, 1.54) is 0 Å². The van der Waals surface area contributed by atoms with Gasteiger partial charge in [-0.15, -0.1) is 0 Å². The number of para-hydroxylation sites is 1. The Morgan fingerprint density at radius 1 is 1.00 bits per heavy atom. The summed E-state index contributed by atoms with van der Waals surface area (Å²) < 4.78 is 0. The number of aromatic amines is 1. The lowest BCUT2D eigenvalue weighted by Gasteiger charge is -2.08. The molecular formula is C17H14ClN3O2. The molecule has 116 valence electrons. The number of carbonyl (C=O) groups is 2. The first-order valence-electron chi connectivity index (χ1n) is 7.04. The molecule has 1 aromatic heterocycles. The smallest absolute Gasteiger partial charge is 0.271 e. The fourth-order valence-corrected chi connectivity index (χ4v) is 2.56. The van der Waals surface area contributed by atoms with Crippen LogP contribution < -0.4 is 10.9 Å². The summed E-state index contributed by atoms with van der Waals surface area (Å²) in [6.07, 6.45) is 1.95. The molecule has 2 aromatic carbocycles. The lowest BCUT2D eigenvalue weighted by Crippen LogP contribution is -2.42. The van der Waals surface area contributed by atoms with E-state index >= 15 is 0 Å². The Bertz CT molecular complexity index is 873. The number of hydrogen-bond acceptors (Lipinski definition) is 2. The first-order chi connectivity index (χ1) is 11.1. The molecular weight excluding hydrogens is 314 g/mol. The third kappa shape index (κ3) is 3.35. The number of benzene rings is 2. The van der Waals surface area contributed by atoms with Crippen LogP contribution >= 0.6 is 11.6 Å². The van der Waals surface area contributed by atoms with E-state index in [-0.39, 0.29) is 12.3 Å². The van der Waals surface area contributed by atoms with Crippen LogP contribution in [0, 0.1) is 0 Å². The molecule has 0 radical (unpaired) electrons. The lowest BCUT2D eigenvalue weighted by atomic mass is 10.1. The van der Waals surface area contributed by atoms with Gasteiger partial charge in [0.25, 0.3) is 5.91 Å². The molecule has 0 aliphatic heterocycles. The van der Waals surface area contributed by atoms with Crippen molar-refractivity contribution in [3.8, 4) is 0 Å². The number of carbonyl (C=O) groups excluding carboxylic acids is 2. The van der Waals surface area contributed by atoms with Crippen molar-refractivity contribution in [3.63, 3.8) is 0 Å². The van der Waals surface area contributed by atoms with E-state index in [9.17, 15) is 9.59 Å². The average Bonchev–Trinajstić information content (AvgIpc) is 2.96. The van der Waals surface area contributed by atoms with Crippen LogP contribution in [-0.2, 0) is 11.2 Å². The predicted molar refractivity (Wildman–Crippen MR) is 89.1 cm³/mol. The lowest BCUT2D eigenvalue weighted by molar-refractivity contribution is -0.121. The van der Waals surface area contributed by atoms with Crippen LogP contribution in [0.15, 0.2) is 54.7 Å². The molecule has 3 N–H and O–H groups in total. The highest BCUT2D eigenvalue weighted by Gasteiger charge is 2.12. The third-order valence-corrected chi connectivity index (χ3v) is 3.79. The molecule has 0 saturated heterocycles. The second-order valence-electron chi connectivity index (χ2n) is 5.02. The molecule has 0 saturated carbocycles. The number of halogens is 1. The van der Waals surface area contributed by atoms with Gasteiger partial charge in [0.05, 0.1) is 17.0 Å². The quantitative estimate of drug-likeness (QED) is 0.647. The maximum Gasteiger partial charge on any atom is 0.271 e. The van der Waals surface area contributed by atoms with E-state index in [0.717, 1.165) is 16.5 Å². The van der Waals surface area contributed by atoms with Gasteiger partial charge in [0, 0.05) is 17.1 Å². The molecule has 3 rings (SSSR count). The number of hydrazine groups is 1. The van der Waals surface area contributed by atoms with Crippen molar-refractivity contribution in [2.75, 3.05) is 0 Å². The van der Waals surface area contributed by atoms with Gasteiger partial charge in [0.1, 0.15) is 0 Å². The Morgan fingerprint density at radius 2 is 1.74 bits per heavy atom. The summed E-state index contributed by atoms with van der Waals surface area (Å²) in [6.45, 7) is 0. The van der Waals surface area contributed by atoms with Crippen molar-refractivity contribution in [2.24, 2.45) is 0 Å². The van der Waals surface area contributed by atoms with Gasteiger partial charge in [-0.2, -0.15) is 0 Å². The second kappa shape index (κ2) is 6.54. The van der Waals surface area contributed by atoms with Crippen LogP contribution in [-0.4, -0.2) is 16.8 Å². The first kappa shape index (κ1) is 15.1. The van der Waals surface area contributed by atoms with E-state index < -0.39 is 5.91 Å². The highest BCUT2D eigenvalue weighted by molar-refractivity contribution is 6.33. The van der Waals surface area contributed by atoms with E-state index in [1.807, 2.05) is 24.3 Å². The van der Waals surface area contributed by atoms with Gasteiger partial charge in [-0.1, -0.05) is 41.9 Å². The fraction of sp³-hybridized carbons (Fsp3) is 0.0588. The van der Waals surface area contributed by atoms with Crippen molar-refractivity contribution >= 4 is 34.3 Å². The molecule has 0 aliphatic rings. The van der Waals surface area contributed by atoms with E-state index in [4.69, 9.17) is 11.6 Å². The summed E-state index contributed by atoms with van der Waals surface area (Å²) in [5.41, 5.74) is 6.91. The molecule has 23 heavy (non-hydrogen) atoms. The van der Waals surface area contributed by atoms with Crippen molar-refractivity contribution < 1.29 is 9.59 Å². The number of amides is 2. The molecule has 5 nitrogen and oxygen atoms in total. The Labute approximate surface area is 137 Å². The Hall–Kier alpha value is -2.79. The van der Waals surface area contributed by atoms with Gasteiger partial charge in [-0.3, -0.25) is 20.4 Å². The highest BCUT2D eigenvalue weighted by atomic mass is 35.5. The van der Waals surface area contributed by atoms with E-state index in [1.54, 1.807) is 30.5 Å². The van der Waals surface area contributed by atoms with Crippen LogP contribution in [0.25, 0.3) is 10.9 Å². The average molecular weight is 328 g/mol. The molecule has 0 spiro atoms. The summed E-state index contributed by atoms with van der Waals surface area (Å²) in [4.78, 5) is 27.1. The summed E-state index contributed by atoms with van der Waals surface area (Å²) in [6, 6.07) is 14.4. The number of aromatic nitrogens is 1. The fourth-order valence-electron chi connectivity index (χ4n) is 2.33. The molecule has 2 amide bonds. The number of H-pyrrole nitrogens is 1. The van der Waals surface area contributed by atoms with Crippen LogP contribution in [0.4, 0.5) is 0 Å². The number of hydrogen-bond donors (Lipinski definition) is 3. The van der Waals surface area contributed by atoms with E-state index in [0.29, 0.717) is 10.6 Å². The van der Waals surface area contributed by atoms with Crippen LogP contribution in [0.3, 0.4) is 0 Å². The molecule has 6 heteroatoms. The number of rotatable bonds is 3. The van der Waals surface area contributed by atoms with Crippen molar-refractivity contribution in [3.05, 3.63) is 70.9 Å². The Kier molecular flexibility index (Phi) is 4.30. The Balaban J connectivity index is 1.62. The van der Waals surface area contributed by atoms with Crippen LogP contribution in [0.2, 0.25) is 5.02 Å². The van der Waals surface area contributed by atoms with Crippen LogP contribution in [0.1, 0.15) is 15.9 Å². The van der Waals surface area contributed by atoms with Gasteiger partial charge < -0.3 is 4.98 Å². The summed E-state index contributed by atoms with van der Waals surface area (Å²) in [5.74, 6) is -0.766. The zero-order valence-electron chi connectivity index (χ0n) is 12.1. The van der Waals surface area contributed by atoms with Crippen molar-refractivity contribution in [2.45, 2.75) is 6.42 Å².